The fourth-order valence-electron chi connectivity index (χ4n) is 2.30. The Morgan fingerprint density at radius 1 is 1.32 bits per heavy atom. The van der Waals surface area contributed by atoms with Crippen LogP contribution in [0.5, 0.6) is 0 Å². The van der Waals surface area contributed by atoms with Crippen molar-refractivity contribution in [2.24, 2.45) is 0 Å². The molecular weight excluding hydrogens is 304 g/mol. The predicted molar refractivity (Wildman–Crippen MR) is 86.7 cm³/mol. The lowest BCUT2D eigenvalue weighted by atomic mass is 10.0. The van der Waals surface area contributed by atoms with Gasteiger partial charge < -0.3 is 15.4 Å². The zero-order valence-electron chi connectivity index (χ0n) is 12.7. The van der Waals surface area contributed by atoms with Crippen molar-refractivity contribution in [3.05, 3.63) is 35.9 Å². The molecule has 1 amide bonds. The van der Waals surface area contributed by atoms with E-state index in [4.69, 9.17) is 4.74 Å². The van der Waals surface area contributed by atoms with Crippen molar-refractivity contribution in [2.75, 3.05) is 6.54 Å². The maximum Gasteiger partial charge on any atom is 0.328 e. The van der Waals surface area contributed by atoms with Gasteiger partial charge in [0, 0.05) is 0 Å². The lowest BCUT2D eigenvalue weighted by Gasteiger charge is -2.24. The Morgan fingerprint density at radius 2 is 2.05 bits per heavy atom. The van der Waals surface area contributed by atoms with Gasteiger partial charge in [0.25, 0.3) is 0 Å². The van der Waals surface area contributed by atoms with Crippen LogP contribution in [0.4, 0.5) is 0 Å². The molecule has 1 aromatic carbocycles. The molecule has 122 valence electrons. The van der Waals surface area contributed by atoms with E-state index in [1.165, 1.54) is 0 Å². The first kappa shape index (κ1) is 18.5. The number of piperidine rings is 1. The van der Waals surface area contributed by atoms with Crippen molar-refractivity contribution in [1.82, 2.24) is 10.6 Å². The van der Waals surface area contributed by atoms with Gasteiger partial charge in [-0.15, -0.1) is 12.4 Å². The molecule has 0 spiro atoms. The quantitative estimate of drug-likeness (QED) is 0.810. The number of hydrogen-bond acceptors (Lipinski definition) is 4. The molecule has 0 saturated carbocycles. The Bertz CT molecular complexity index is 476. The molecule has 0 aromatic heterocycles. The predicted octanol–water partition coefficient (Wildman–Crippen LogP) is 1.80. The highest BCUT2D eigenvalue weighted by Crippen LogP contribution is 2.07. The second-order valence-electron chi connectivity index (χ2n) is 5.33. The lowest BCUT2D eigenvalue weighted by Crippen LogP contribution is -2.51. The van der Waals surface area contributed by atoms with Gasteiger partial charge in [-0.05, 0) is 31.9 Å². The molecule has 0 aliphatic carbocycles. The van der Waals surface area contributed by atoms with Gasteiger partial charge >= 0.3 is 5.97 Å². The monoisotopic (exact) mass is 326 g/mol. The van der Waals surface area contributed by atoms with Crippen LogP contribution in [0, 0.1) is 0 Å². The Hall–Kier alpha value is -1.59. The number of carbonyl (C=O) groups excluding carboxylic acids is 2. The van der Waals surface area contributed by atoms with Crippen molar-refractivity contribution in [3.8, 4) is 0 Å². The van der Waals surface area contributed by atoms with Crippen LogP contribution in [0.2, 0.25) is 0 Å². The summed E-state index contributed by atoms with van der Waals surface area (Å²) in [5, 5.41) is 5.87. The summed E-state index contributed by atoms with van der Waals surface area (Å²) in [6.07, 6.45) is 2.95. The van der Waals surface area contributed by atoms with E-state index >= 15 is 0 Å². The van der Waals surface area contributed by atoms with Gasteiger partial charge in [-0.2, -0.15) is 0 Å². The summed E-state index contributed by atoms with van der Waals surface area (Å²) in [7, 11) is 0. The van der Waals surface area contributed by atoms with E-state index in [-0.39, 0.29) is 31.0 Å². The molecule has 0 radical (unpaired) electrons. The molecule has 6 heteroatoms. The summed E-state index contributed by atoms with van der Waals surface area (Å²) in [5.41, 5.74) is 0.929. The average Bonchev–Trinajstić information content (AvgIpc) is 2.54. The first-order valence-electron chi connectivity index (χ1n) is 7.41. The number of carbonyl (C=O) groups is 2. The van der Waals surface area contributed by atoms with Crippen molar-refractivity contribution < 1.29 is 14.3 Å². The van der Waals surface area contributed by atoms with Gasteiger partial charge in [-0.1, -0.05) is 36.8 Å². The van der Waals surface area contributed by atoms with Crippen molar-refractivity contribution in [3.63, 3.8) is 0 Å². The van der Waals surface area contributed by atoms with Gasteiger partial charge in [0.2, 0.25) is 5.91 Å². The molecule has 5 nitrogen and oxygen atoms in total. The van der Waals surface area contributed by atoms with Gasteiger partial charge in [-0.3, -0.25) is 4.79 Å². The highest BCUT2D eigenvalue weighted by molar-refractivity contribution is 5.87. The summed E-state index contributed by atoms with van der Waals surface area (Å²) >= 11 is 0. The average molecular weight is 327 g/mol. The van der Waals surface area contributed by atoms with Crippen LogP contribution in [-0.4, -0.2) is 30.5 Å². The summed E-state index contributed by atoms with van der Waals surface area (Å²) in [6, 6.07) is 8.65. The topological polar surface area (TPSA) is 67.4 Å². The number of ether oxygens (including phenoxy) is 1. The fraction of sp³-hybridized carbons (Fsp3) is 0.500. The molecule has 0 bridgehead atoms. The number of halogens is 1. The maximum absolute atomic E-state index is 12.0. The lowest BCUT2D eigenvalue weighted by molar-refractivity contribution is -0.148. The molecule has 1 aliphatic rings. The smallest absolute Gasteiger partial charge is 0.328 e. The fourth-order valence-corrected chi connectivity index (χ4v) is 2.30. The largest absolute Gasteiger partial charge is 0.459 e. The van der Waals surface area contributed by atoms with Crippen LogP contribution in [0.1, 0.15) is 31.7 Å². The van der Waals surface area contributed by atoms with E-state index in [0.29, 0.717) is 0 Å². The molecule has 2 rings (SSSR count). The Morgan fingerprint density at radius 3 is 2.68 bits per heavy atom. The molecular formula is C16H23ClN2O3. The van der Waals surface area contributed by atoms with Gasteiger partial charge in [0.05, 0.1) is 6.04 Å². The summed E-state index contributed by atoms with van der Waals surface area (Å²) < 4.78 is 5.20. The third-order valence-corrected chi connectivity index (χ3v) is 3.56. The normalized spacial score (nSPS) is 18.7. The number of nitrogens with one attached hydrogen (secondary N) is 2. The van der Waals surface area contributed by atoms with Crippen LogP contribution < -0.4 is 10.6 Å². The third-order valence-electron chi connectivity index (χ3n) is 3.56. The molecule has 1 heterocycles. The van der Waals surface area contributed by atoms with E-state index in [1.54, 1.807) is 6.92 Å². The third kappa shape index (κ3) is 5.66. The standard InChI is InChI=1S/C16H22N2O3.ClH/c1-12(18-15(19)14-9-5-6-10-17-14)16(20)21-11-13-7-3-2-4-8-13;/h2-4,7-8,12,14,17H,5-6,9-11H2,1H3,(H,18,19);1H/t12-,14-;/m0./s1. The van der Waals surface area contributed by atoms with Crippen molar-refractivity contribution >= 4 is 24.3 Å². The first-order chi connectivity index (χ1) is 10.2. The highest BCUT2D eigenvalue weighted by atomic mass is 35.5. The molecule has 2 atom stereocenters. The zero-order chi connectivity index (χ0) is 15.1. The Labute approximate surface area is 137 Å². The maximum atomic E-state index is 12.0. The van der Waals surface area contributed by atoms with Crippen molar-refractivity contribution in [2.45, 2.75) is 44.9 Å². The summed E-state index contributed by atoms with van der Waals surface area (Å²) in [6.45, 7) is 2.72. The molecule has 1 aliphatic heterocycles. The van der Waals surface area contributed by atoms with Crippen LogP contribution >= 0.6 is 12.4 Å². The van der Waals surface area contributed by atoms with Gasteiger partial charge in [0.15, 0.2) is 0 Å². The molecule has 1 aromatic rings. The van der Waals surface area contributed by atoms with Gasteiger partial charge in [-0.25, -0.2) is 4.79 Å². The van der Waals surface area contributed by atoms with E-state index in [9.17, 15) is 9.59 Å². The Balaban J connectivity index is 0.00000242. The molecule has 22 heavy (non-hydrogen) atoms. The highest BCUT2D eigenvalue weighted by Gasteiger charge is 2.24. The van der Waals surface area contributed by atoms with Crippen LogP contribution in [0.15, 0.2) is 30.3 Å². The van der Waals surface area contributed by atoms with E-state index in [1.807, 2.05) is 30.3 Å². The molecule has 1 saturated heterocycles. The van der Waals surface area contributed by atoms with Crippen molar-refractivity contribution in [1.29, 1.82) is 0 Å². The number of benzene rings is 1. The summed E-state index contributed by atoms with van der Waals surface area (Å²) in [5.74, 6) is -0.540. The van der Waals surface area contributed by atoms with E-state index in [0.717, 1.165) is 31.4 Å². The number of hydrogen-bond donors (Lipinski definition) is 2. The van der Waals surface area contributed by atoms with E-state index < -0.39 is 12.0 Å². The molecule has 2 N–H and O–H groups in total. The second-order valence-corrected chi connectivity index (χ2v) is 5.33. The van der Waals surface area contributed by atoms with E-state index in [2.05, 4.69) is 10.6 Å². The molecule has 0 unspecified atom stereocenters. The SMILES string of the molecule is C[C@H](NC(=O)[C@@H]1CCCCN1)C(=O)OCc1ccccc1.Cl. The van der Waals surface area contributed by atoms with Crippen LogP contribution in [0.25, 0.3) is 0 Å². The minimum Gasteiger partial charge on any atom is -0.459 e. The number of esters is 1. The zero-order valence-corrected chi connectivity index (χ0v) is 13.5. The molecule has 1 fully saturated rings. The number of amides is 1. The second kappa shape index (κ2) is 9.43. The van der Waals surface area contributed by atoms with Crippen LogP contribution in [0.3, 0.4) is 0 Å². The summed E-state index contributed by atoms with van der Waals surface area (Å²) in [4.78, 5) is 23.9. The van der Waals surface area contributed by atoms with Gasteiger partial charge in [0.1, 0.15) is 12.6 Å². The minimum absolute atomic E-state index is 0. The minimum atomic E-state index is -0.634. The van der Waals surface area contributed by atoms with Crippen LogP contribution in [-0.2, 0) is 20.9 Å². The number of rotatable bonds is 5. The Kier molecular flexibility index (Phi) is 7.91. The first-order valence-corrected chi connectivity index (χ1v) is 7.41.